The molecule has 0 aliphatic carbocycles. The van der Waals surface area contributed by atoms with Gasteiger partial charge in [0.25, 0.3) is 0 Å². The summed E-state index contributed by atoms with van der Waals surface area (Å²) < 4.78 is 5.40. The van der Waals surface area contributed by atoms with E-state index in [2.05, 4.69) is 6.92 Å². The topological polar surface area (TPSA) is 55.5 Å². The first-order valence-electron chi connectivity index (χ1n) is 6.18. The highest BCUT2D eigenvalue weighted by Gasteiger charge is 2.17. The SMILES string of the molecule is COc1cc(C)c(Cl)cc1C(C)CC(CN)CO. The zero-order chi connectivity index (χ0) is 13.7. The van der Waals surface area contributed by atoms with Gasteiger partial charge in [-0.1, -0.05) is 18.5 Å². The average molecular weight is 272 g/mol. The monoisotopic (exact) mass is 271 g/mol. The number of aliphatic hydroxyl groups is 1. The number of ether oxygens (including phenoxy) is 1. The lowest BCUT2D eigenvalue weighted by Gasteiger charge is -2.20. The third kappa shape index (κ3) is 3.61. The van der Waals surface area contributed by atoms with Gasteiger partial charge in [0.1, 0.15) is 5.75 Å². The fourth-order valence-corrected chi connectivity index (χ4v) is 2.28. The van der Waals surface area contributed by atoms with E-state index in [-0.39, 0.29) is 18.4 Å². The lowest BCUT2D eigenvalue weighted by Crippen LogP contribution is -2.20. The maximum absolute atomic E-state index is 9.21. The van der Waals surface area contributed by atoms with Gasteiger partial charge >= 0.3 is 0 Å². The second-order valence-electron chi connectivity index (χ2n) is 4.76. The number of aryl methyl sites for hydroxylation is 1. The van der Waals surface area contributed by atoms with E-state index in [9.17, 15) is 5.11 Å². The summed E-state index contributed by atoms with van der Waals surface area (Å²) in [6.07, 6.45) is 0.822. The molecule has 1 aromatic rings. The molecule has 102 valence electrons. The highest BCUT2D eigenvalue weighted by Crippen LogP contribution is 2.34. The van der Waals surface area contributed by atoms with Crippen molar-refractivity contribution in [1.82, 2.24) is 0 Å². The predicted molar refractivity (Wildman–Crippen MR) is 75.4 cm³/mol. The van der Waals surface area contributed by atoms with Crippen LogP contribution in [0.3, 0.4) is 0 Å². The van der Waals surface area contributed by atoms with Crippen LogP contribution in [-0.4, -0.2) is 25.4 Å². The number of aliphatic hydroxyl groups excluding tert-OH is 1. The Labute approximate surface area is 114 Å². The van der Waals surface area contributed by atoms with Crippen molar-refractivity contribution < 1.29 is 9.84 Å². The summed E-state index contributed by atoms with van der Waals surface area (Å²) in [5.74, 6) is 1.21. The molecule has 0 spiro atoms. The highest BCUT2D eigenvalue weighted by atomic mass is 35.5. The molecule has 4 heteroatoms. The van der Waals surface area contributed by atoms with Gasteiger partial charge in [0.15, 0.2) is 0 Å². The first kappa shape index (κ1) is 15.3. The van der Waals surface area contributed by atoms with Crippen LogP contribution in [0.1, 0.15) is 30.4 Å². The molecule has 0 saturated heterocycles. The Morgan fingerprint density at radius 1 is 1.44 bits per heavy atom. The van der Waals surface area contributed by atoms with Crippen molar-refractivity contribution in [2.75, 3.05) is 20.3 Å². The fraction of sp³-hybridized carbons (Fsp3) is 0.571. The van der Waals surface area contributed by atoms with E-state index in [1.54, 1.807) is 7.11 Å². The summed E-state index contributed by atoms with van der Waals surface area (Å²) in [6, 6.07) is 3.90. The van der Waals surface area contributed by atoms with Gasteiger partial charge in [0.05, 0.1) is 7.11 Å². The highest BCUT2D eigenvalue weighted by molar-refractivity contribution is 6.31. The minimum atomic E-state index is 0.114. The summed E-state index contributed by atoms with van der Waals surface area (Å²) in [5, 5.41) is 9.95. The zero-order valence-corrected chi connectivity index (χ0v) is 12.0. The number of rotatable bonds is 6. The van der Waals surface area contributed by atoms with E-state index in [4.69, 9.17) is 22.1 Å². The molecular formula is C14H22ClNO2. The molecule has 0 fully saturated rings. The van der Waals surface area contributed by atoms with Gasteiger partial charge in [-0.05, 0) is 55.0 Å². The summed E-state index contributed by atoms with van der Waals surface area (Å²) >= 11 is 6.16. The van der Waals surface area contributed by atoms with Gasteiger partial charge in [-0.3, -0.25) is 0 Å². The molecule has 2 unspecified atom stereocenters. The average Bonchev–Trinajstić information content (AvgIpc) is 2.38. The van der Waals surface area contributed by atoms with Crippen LogP contribution in [0, 0.1) is 12.8 Å². The van der Waals surface area contributed by atoms with Gasteiger partial charge in [0, 0.05) is 11.6 Å². The van der Waals surface area contributed by atoms with Crippen LogP contribution >= 0.6 is 11.6 Å². The number of halogens is 1. The zero-order valence-electron chi connectivity index (χ0n) is 11.2. The Balaban J connectivity index is 2.97. The van der Waals surface area contributed by atoms with Crippen LogP contribution in [0.25, 0.3) is 0 Å². The van der Waals surface area contributed by atoms with Gasteiger partial charge in [-0.25, -0.2) is 0 Å². The molecule has 0 aromatic heterocycles. The van der Waals surface area contributed by atoms with Crippen molar-refractivity contribution in [3.05, 3.63) is 28.3 Å². The van der Waals surface area contributed by atoms with E-state index in [1.165, 1.54) is 0 Å². The largest absolute Gasteiger partial charge is 0.496 e. The third-order valence-electron chi connectivity index (χ3n) is 3.32. The number of methoxy groups -OCH3 is 1. The lowest BCUT2D eigenvalue weighted by atomic mass is 9.89. The van der Waals surface area contributed by atoms with Crippen LogP contribution in [0.5, 0.6) is 5.75 Å². The van der Waals surface area contributed by atoms with Crippen LogP contribution in [0.4, 0.5) is 0 Å². The number of nitrogens with two attached hydrogens (primary N) is 1. The lowest BCUT2D eigenvalue weighted by molar-refractivity contribution is 0.216. The van der Waals surface area contributed by atoms with Crippen LogP contribution in [0.2, 0.25) is 5.02 Å². The molecule has 3 N–H and O–H groups in total. The Hall–Kier alpha value is -0.770. The maximum atomic E-state index is 9.21. The first-order valence-corrected chi connectivity index (χ1v) is 6.56. The fourth-order valence-electron chi connectivity index (χ4n) is 2.10. The molecule has 0 amide bonds. The molecule has 1 aromatic carbocycles. The summed E-state index contributed by atoms with van der Waals surface area (Å²) in [6.45, 7) is 4.66. The molecule has 0 aliphatic rings. The van der Waals surface area contributed by atoms with Crippen LogP contribution < -0.4 is 10.5 Å². The Morgan fingerprint density at radius 2 is 2.11 bits per heavy atom. The van der Waals surface area contributed by atoms with Gasteiger partial charge in [-0.2, -0.15) is 0 Å². The molecule has 0 bridgehead atoms. The van der Waals surface area contributed by atoms with Crippen LogP contribution in [0.15, 0.2) is 12.1 Å². The van der Waals surface area contributed by atoms with E-state index >= 15 is 0 Å². The first-order chi connectivity index (χ1) is 8.53. The van der Waals surface area contributed by atoms with E-state index in [1.807, 2.05) is 19.1 Å². The quantitative estimate of drug-likeness (QED) is 0.836. The minimum Gasteiger partial charge on any atom is -0.496 e. The smallest absolute Gasteiger partial charge is 0.122 e. The van der Waals surface area contributed by atoms with Crippen molar-refractivity contribution >= 4 is 11.6 Å². The number of benzene rings is 1. The Bertz CT molecular complexity index is 392. The van der Waals surface area contributed by atoms with Crippen molar-refractivity contribution in [1.29, 1.82) is 0 Å². The summed E-state index contributed by atoms with van der Waals surface area (Å²) in [5.41, 5.74) is 7.69. The molecule has 2 atom stereocenters. The standard InChI is InChI=1S/C14H22ClNO2/c1-9(4-11(7-16)8-17)12-6-13(15)10(2)5-14(12)18-3/h5-6,9,11,17H,4,7-8,16H2,1-3H3. The van der Waals surface area contributed by atoms with Gasteiger partial charge in [0.2, 0.25) is 0 Å². The van der Waals surface area contributed by atoms with Crippen molar-refractivity contribution in [3.8, 4) is 5.75 Å². The molecule has 0 heterocycles. The van der Waals surface area contributed by atoms with E-state index in [0.29, 0.717) is 6.54 Å². The van der Waals surface area contributed by atoms with Gasteiger partial charge in [-0.15, -0.1) is 0 Å². The third-order valence-corrected chi connectivity index (χ3v) is 3.73. The second-order valence-corrected chi connectivity index (χ2v) is 5.17. The molecule has 1 rings (SSSR count). The number of hydrogen-bond acceptors (Lipinski definition) is 3. The van der Waals surface area contributed by atoms with E-state index < -0.39 is 0 Å². The van der Waals surface area contributed by atoms with Crippen molar-refractivity contribution in [3.63, 3.8) is 0 Å². The maximum Gasteiger partial charge on any atom is 0.122 e. The number of hydrogen-bond donors (Lipinski definition) is 2. The second kappa shape index (κ2) is 6.98. The molecule has 0 radical (unpaired) electrons. The molecule has 18 heavy (non-hydrogen) atoms. The summed E-state index contributed by atoms with van der Waals surface area (Å²) in [7, 11) is 1.66. The Morgan fingerprint density at radius 3 is 2.61 bits per heavy atom. The predicted octanol–water partition coefficient (Wildman–Crippen LogP) is 2.72. The van der Waals surface area contributed by atoms with Gasteiger partial charge < -0.3 is 15.6 Å². The molecule has 0 aliphatic heterocycles. The minimum absolute atomic E-state index is 0.114. The van der Waals surface area contributed by atoms with Crippen LogP contribution in [-0.2, 0) is 0 Å². The molecule has 0 saturated carbocycles. The van der Waals surface area contributed by atoms with Crippen molar-refractivity contribution in [2.24, 2.45) is 11.7 Å². The van der Waals surface area contributed by atoms with E-state index in [0.717, 1.165) is 28.3 Å². The Kier molecular flexibility index (Phi) is 5.93. The van der Waals surface area contributed by atoms with Crippen molar-refractivity contribution in [2.45, 2.75) is 26.2 Å². The molecular weight excluding hydrogens is 250 g/mol. The molecule has 3 nitrogen and oxygen atoms in total. The summed E-state index contributed by atoms with van der Waals surface area (Å²) in [4.78, 5) is 0. The normalized spacial score (nSPS) is 14.3.